The number of carbonyl (C=O) groups is 2. The maximum atomic E-state index is 12.5. The first-order valence-corrected chi connectivity index (χ1v) is 8.95. The second kappa shape index (κ2) is 8.70. The first-order valence-electron chi connectivity index (χ1n) is 8.95. The van der Waals surface area contributed by atoms with Gasteiger partial charge in [-0.05, 0) is 50.5 Å². The van der Waals surface area contributed by atoms with Crippen molar-refractivity contribution in [2.45, 2.75) is 47.6 Å². The van der Waals surface area contributed by atoms with Crippen LogP contribution in [-0.2, 0) is 22.6 Å². The Morgan fingerprint density at radius 3 is 2.56 bits per heavy atom. The summed E-state index contributed by atoms with van der Waals surface area (Å²) in [5, 5.41) is 16.1. The Hall–Kier alpha value is -2.83. The van der Waals surface area contributed by atoms with E-state index in [9.17, 15) is 9.59 Å². The number of nitrogens with one attached hydrogen (secondary N) is 1. The molecule has 27 heavy (non-hydrogen) atoms. The summed E-state index contributed by atoms with van der Waals surface area (Å²) in [5.41, 5.74) is 4.32. The lowest BCUT2D eigenvalue weighted by atomic mass is 10.1. The number of hydrogen-bond acceptors (Lipinski definition) is 4. The summed E-state index contributed by atoms with van der Waals surface area (Å²) in [4.78, 5) is 23.1. The number of amides is 1. The average Bonchev–Trinajstić information content (AvgIpc) is 2.82. The van der Waals surface area contributed by atoms with E-state index in [1.54, 1.807) is 18.2 Å². The summed E-state index contributed by atoms with van der Waals surface area (Å²) >= 11 is 0. The zero-order valence-electron chi connectivity index (χ0n) is 16.5. The van der Waals surface area contributed by atoms with Crippen LogP contribution < -0.4 is 10.1 Å². The van der Waals surface area contributed by atoms with E-state index in [0.29, 0.717) is 17.4 Å². The zero-order valence-corrected chi connectivity index (χ0v) is 16.5. The first kappa shape index (κ1) is 20.5. The zero-order chi connectivity index (χ0) is 20.1. The van der Waals surface area contributed by atoms with Crippen LogP contribution >= 0.6 is 0 Å². The predicted octanol–water partition coefficient (Wildman–Crippen LogP) is 3.11. The first-order chi connectivity index (χ1) is 12.7. The number of aromatic nitrogens is 2. The minimum absolute atomic E-state index is 0.118. The van der Waals surface area contributed by atoms with Gasteiger partial charge >= 0.3 is 5.97 Å². The summed E-state index contributed by atoms with van der Waals surface area (Å²) in [7, 11) is 0. The molecule has 1 amide bonds. The van der Waals surface area contributed by atoms with Gasteiger partial charge in [-0.15, -0.1) is 0 Å². The van der Waals surface area contributed by atoms with Gasteiger partial charge in [-0.3, -0.25) is 9.48 Å². The lowest BCUT2D eigenvalue weighted by Crippen LogP contribution is -2.16. The van der Waals surface area contributed by atoms with Gasteiger partial charge in [0.05, 0.1) is 12.1 Å². The summed E-state index contributed by atoms with van der Waals surface area (Å²) in [6, 6.07) is 5.06. The van der Waals surface area contributed by atoms with E-state index in [1.165, 1.54) is 0 Å². The van der Waals surface area contributed by atoms with E-state index in [2.05, 4.69) is 24.3 Å². The van der Waals surface area contributed by atoms with E-state index < -0.39 is 12.6 Å². The van der Waals surface area contributed by atoms with Gasteiger partial charge in [0.2, 0.25) is 5.91 Å². The van der Waals surface area contributed by atoms with E-state index in [4.69, 9.17) is 9.84 Å². The lowest BCUT2D eigenvalue weighted by molar-refractivity contribution is -0.139. The second-order valence-corrected chi connectivity index (χ2v) is 7.11. The van der Waals surface area contributed by atoms with Crippen LogP contribution in [0.5, 0.6) is 5.75 Å². The Kier molecular flexibility index (Phi) is 6.60. The van der Waals surface area contributed by atoms with Crippen LogP contribution in [-0.4, -0.2) is 33.4 Å². The topological polar surface area (TPSA) is 93.4 Å². The number of carboxylic acids is 1. The fourth-order valence-electron chi connectivity index (χ4n) is 2.88. The third-order valence-electron chi connectivity index (χ3n) is 4.24. The molecule has 0 saturated carbocycles. The number of carboxylic acid groups (broad SMARTS) is 1. The lowest BCUT2D eigenvalue weighted by Gasteiger charge is -2.11. The number of rotatable bonds is 8. The quantitative estimate of drug-likeness (QED) is 0.741. The molecule has 0 unspecified atom stereocenters. The van der Waals surface area contributed by atoms with Crippen LogP contribution in [0.15, 0.2) is 18.2 Å². The number of aliphatic carboxylic acids is 1. The van der Waals surface area contributed by atoms with Crippen LogP contribution in [0.25, 0.3) is 0 Å². The summed E-state index contributed by atoms with van der Waals surface area (Å²) in [6.45, 7) is 10.4. The van der Waals surface area contributed by atoms with Crippen molar-refractivity contribution < 1.29 is 19.4 Å². The molecule has 0 radical (unpaired) electrons. The monoisotopic (exact) mass is 373 g/mol. The van der Waals surface area contributed by atoms with Crippen LogP contribution in [0, 0.1) is 26.7 Å². The highest BCUT2D eigenvalue weighted by atomic mass is 16.5. The van der Waals surface area contributed by atoms with Gasteiger partial charge in [0, 0.05) is 23.5 Å². The maximum absolute atomic E-state index is 12.5. The van der Waals surface area contributed by atoms with E-state index in [-0.39, 0.29) is 12.3 Å². The van der Waals surface area contributed by atoms with Gasteiger partial charge in [-0.25, -0.2) is 4.79 Å². The molecule has 2 rings (SSSR count). The van der Waals surface area contributed by atoms with Crippen molar-refractivity contribution in [3.63, 3.8) is 0 Å². The standard InChI is InChI=1S/C20H27N3O4/c1-12(2)10-23-15(5)17(14(4)22-23)9-19(24)21-18-7-6-16(8-13(18)3)27-11-20(25)26/h6-8,12H,9-11H2,1-5H3,(H,21,24)(H,25,26). The molecule has 0 spiro atoms. The van der Waals surface area contributed by atoms with E-state index in [1.807, 2.05) is 25.5 Å². The van der Waals surface area contributed by atoms with Gasteiger partial charge in [0.1, 0.15) is 5.75 Å². The molecular weight excluding hydrogens is 346 g/mol. The molecule has 0 aliphatic rings. The summed E-state index contributed by atoms with van der Waals surface area (Å²) < 4.78 is 7.11. The highest BCUT2D eigenvalue weighted by Gasteiger charge is 2.16. The van der Waals surface area contributed by atoms with Gasteiger partial charge in [-0.1, -0.05) is 13.8 Å². The van der Waals surface area contributed by atoms with Crippen molar-refractivity contribution in [1.82, 2.24) is 9.78 Å². The van der Waals surface area contributed by atoms with Crippen LogP contribution in [0.1, 0.15) is 36.4 Å². The van der Waals surface area contributed by atoms with Gasteiger partial charge in [0.25, 0.3) is 0 Å². The minimum Gasteiger partial charge on any atom is -0.482 e. The molecule has 2 aromatic rings. The Morgan fingerprint density at radius 2 is 1.96 bits per heavy atom. The van der Waals surface area contributed by atoms with Crippen molar-refractivity contribution >= 4 is 17.6 Å². The number of anilines is 1. The molecule has 0 bridgehead atoms. The molecular formula is C20H27N3O4. The van der Waals surface area contributed by atoms with Crippen LogP contribution in [0.4, 0.5) is 5.69 Å². The number of carbonyl (C=O) groups excluding carboxylic acids is 1. The van der Waals surface area contributed by atoms with E-state index >= 15 is 0 Å². The van der Waals surface area contributed by atoms with Crippen molar-refractivity contribution in [1.29, 1.82) is 0 Å². The fourth-order valence-corrected chi connectivity index (χ4v) is 2.88. The molecule has 1 heterocycles. The fraction of sp³-hybridized carbons (Fsp3) is 0.450. The Bertz CT molecular complexity index is 840. The van der Waals surface area contributed by atoms with Gasteiger partial charge < -0.3 is 15.2 Å². The molecule has 146 valence electrons. The number of nitrogens with zero attached hydrogens (tertiary/aromatic N) is 2. The number of aryl methyl sites for hydroxylation is 2. The number of hydrogen-bond donors (Lipinski definition) is 2. The largest absolute Gasteiger partial charge is 0.482 e. The summed E-state index contributed by atoms with van der Waals surface area (Å²) in [5.74, 6) is -0.217. The molecule has 0 atom stereocenters. The Balaban J connectivity index is 2.06. The molecule has 0 saturated heterocycles. The number of benzene rings is 1. The summed E-state index contributed by atoms with van der Waals surface area (Å²) in [6.07, 6.45) is 0.256. The van der Waals surface area contributed by atoms with Gasteiger partial charge in [0.15, 0.2) is 6.61 Å². The van der Waals surface area contributed by atoms with Gasteiger partial charge in [-0.2, -0.15) is 5.10 Å². The number of ether oxygens (including phenoxy) is 1. The second-order valence-electron chi connectivity index (χ2n) is 7.11. The third-order valence-corrected chi connectivity index (χ3v) is 4.24. The smallest absolute Gasteiger partial charge is 0.341 e. The average molecular weight is 373 g/mol. The molecule has 2 N–H and O–H groups in total. The van der Waals surface area contributed by atoms with Crippen molar-refractivity contribution in [2.75, 3.05) is 11.9 Å². The van der Waals surface area contributed by atoms with E-state index in [0.717, 1.165) is 29.1 Å². The Labute approximate surface area is 159 Å². The molecule has 1 aromatic heterocycles. The predicted molar refractivity (Wildman–Crippen MR) is 103 cm³/mol. The minimum atomic E-state index is -1.03. The molecule has 0 aliphatic carbocycles. The van der Waals surface area contributed by atoms with Crippen LogP contribution in [0.2, 0.25) is 0 Å². The maximum Gasteiger partial charge on any atom is 0.341 e. The molecule has 0 aliphatic heterocycles. The van der Waals surface area contributed by atoms with Crippen LogP contribution in [0.3, 0.4) is 0 Å². The van der Waals surface area contributed by atoms with Crippen molar-refractivity contribution in [3.8, 4) is 5.75 Å². The van der Waals surface area contributed by atoms with Crippen molar-refractivity contribution in [3.05, 3.63) is 40.7 Å². The molecule has 7 heteroatoms. The molecule has 1 aromatic carbocycles. The van der Waals surface area contributed by atoms with Crippen molar-refractivity contribution in [2.24, 2.45) is 5.92 Å². The SMILES string of the molecule is Cc1cc(OCC(=O)O)ccc1NC(=O)Cc1c(C)nn(CC(C)C)c1C. The highest BCUT2D eigenvalue weighted by molar-refractivity contribution is 5.93. The normalized spacial score (nSPS) is 10.9. The molecule has 0 fully saturated rings. The third kappa shape index (κ3) is 5.57. The molecule has 7 nitrogen and oxygen atoms in total. The highest BCUT2D eigenvalue weighted by Crippen LogP contribution is 2.22. The Morgan fingerprint density at radius 1 is 1.26 bits per heavy atom.